The van der Waals surface area contributed by atoms with Gasteiger partial charge in [0.1, 0.15) is 11.6 Å². The molecule has 0 aliphatic carbocycles. The molecule has 0 bridgehead atoms. The molecular weight excluding hydrogens is 302 g/mol. The molecule has 5 nitrogen and oxygen atoms in total. The van der Waals surface area contributed by atoms with Crippen molar-refractivity contribution in [2.45, 2.75) is 26.8 Å². The van der Waals surface area contributed by atoms with Gasteiger partial charge in [-0.1, -0.05) is 25.1 Å². The second kappa shape index (κ2) is 6.17. The van der Waals surface area contributed by atoms with Gasteiger partial charge >= 0.3 is 0 Å². The summed E-state index contributed by atoms with van der Waals surface area (Å²) in [6.45, 7) is 3.95. The van der Waals surface area contributed by atoms with Crippen molar-refractivity contribution in [3.63, 3.8) is 0 Å². The third-order valence-corrected chi connectivity index (χ3v) is 4.15. The van der Waals surface area contributed by atoms with Crippen LogP contribution in [0.3, 0.4) is 0 Å². The first-order valence-corrected chi connectivity index (χ1v) is 7.80. The van der Waals surface area contributed by atoms with Crippen LogP contribution >= 0.6 is 0 Å². The van der Waals surface area contributed by atoms with E-state index < -0.39 is 5.56 Å². The van der Waals surface area contributed by atoms with E-state index in [0.29, 0.717) is 24.1 Å². The number of nitriles is 1. The minimum atomic E-state index is -0.447. The largest absolute Gasteiger partial charge is 0.494 e. The van der Waals surface area contributed by atoms with Gasteiger partial charge in [-0.3, -0.25) is 14.4 Å². The van der Waals surface area contributed by atoms with E-state index in [9.17, 15) is 15.2 Å². The van der Waals surface area contributed by atoms with Crippen molar-refractivity contribution in [2.24, 2.45) is 4.99 Å². The summed E-state index contributed by atoms with van der Waals surface area (Å²) in [5.74, 6) is -0.108. The van der Waals surface area contributed by atoms with Crippen LogP contribution in [0.2, 0.25) is 0 Å². The monoisotopic (exact) mass is 319 g/mol. The lowest BCUT2D eigenvalue weighted by molar-refractivity contribution is 0.402. The first-order valence-electron chi connectivity index (χ1n) is 7.80. The minimum Gasteiger partial charge on any atom is -0.494 e. The van der Waals surface area contributed by atoms with Gasteiger partial charge in [-0.15, -0.1) is 0 Å². The molecule has 0 unspecified atom stereocenters. The summed E-state index contributed by atoms with van der Waals surface area (Å²) in [4.78, 5) is 16.7. The van der Waals surface area contributed by atoms with Crippen LogP contribution in [-0.2, 0) is 6.54 Å². The van der Waals surface area contributed by atoms with Gasteiger partial charge < -0.3 is 5.11 Å². The standard InChI is InChI=1S/C19H17N3O2/c1-3-8-22-18(23)15(12(2)16(10-20)19(22)24)9-13-11-21-17-7-5-4-6-14(13)17/h4-7,9,11,23H,3,8H2,1-2H3. The molecule has 24 heavy (non-hydrogen) atoms. The molecular formula is C19H17N3O2. The average Bonchev–Trinajstić information content (AvgIpc) is 2.99. The Kier molecular flexibility index (Phi) is 4.05. The van der Waals surface area contributed by atoms with Crippen molar-refractivity contribution in [1.29, 1.82) is 5.26 Å². The maximum absolute atomic E-state index is 12.4. The van der Waals surface area contributed by atoms with Gasteiger partial charge in [0.15, 0.2) is 0 Å². The molecule has 1 aliphatic rings. The van der Waals surface area contributed by atoms with Crippen molar-refractivity contribution < 1.29 is 5.11 Å². The van der Waals surface area contributed by atoms with E-state index in [1.54, 1.807) is 19.2 Å². The molecule has 1 aliphatic heterocycles. The highest BCUT2D eigenvalue weighted by Gasteiger charge is 2.19. The predicted molar refractivity (Wildman–Crippen MR) is 94.6 cm³/mol. The molecule has 0 fully saturated rings. The molecule has 0 atom stereocenters. The molecule has 1 N–H and O–H groups in total. The smallest absolute Gasteiger partial charge is 0.271 e. The van der Waals surface area contributed by atoms with E-state index in [4.69, 9.17) is 0 Å². The maximum atomic E-state index is 12.4. The summed E-state index contributed by atoms with van der Waals surface area (Å²) < 4.78 is 1.26. The number of fused-ring (bicyclic) bond motifs is 1. The summed E-state index contributed by atoms with van der Waals surface area (Å²) in [5, 5.41) is 19.9. The lowest BCUT2D eigenvalue weighted by Crippen LogP contribution is -2.24. The number of aromatic hydroxyl groups is 1. The number of aliphatic imine (C=N–C) groups is 1. The Morgan fingerprint density at radius 2 is 2.12 bits per heavy atom. The second-order valence-corrected chi connectivity index (χ2v) is 5.68. The molecule has 120 valence electrons. The molecule has 0 saturated carbocycles. The van der Waals surface area contributed by atoms with Gasteiger partial charge in [0.25, 0.3) is 5.56 Å². The molecule has 2 aromatic rings. The number of benzene rings is 1. The van der Waals surface area contributed by atoms with Crippen molar-refractivity contribution in [1.82, 2.24) is 4.57 Å². The van der Waals surface area contributed by atoms with E-state index in [-0.39, 0.29) is 11.4 Å². The van der Waals surface area contributed by atoms with Crippen LogP contribution in [0.5, 0.6) is 5.88 Å². The van der Waals surface area contributed by atoms with Crippen LogP contribution in [0.4, 0.5) is 5.69 Å². The zero-order chi connectivity index (χ0) is 17.3. The first-order chi connectivity index (χ1) is 11.6. The fraction of sp³-hybridized carbons (Fsp3) is 0.211. The Morgan fingerprint density at radius 1 is 1.38 bits per heavy atom. The molecule has 0 spiro atoms. The van der Waals surface area contributed by atoms with Crippen LogP contribution in [-0.4, -0.2) is 15.9 Å². The lowest BCUT2D eigenvalue weighted by Gasteiger charge is -2.14. The van der Waals surface area contributed by atoms with E-state index in [0.717, 1.165) is 16.8 Å². The summed E-state index contributed by atoms with van der Waals surface area (Å²) in [6.07, 6.45) is 4.19. The molecule has 0 radical (unpaired) electrons. The van der Waals surface area contributed by atoms with Crippen LogP contribution in [0, 0.1) is 18.3 Å². The number of allylic oxidation sites excluding steroid dienone is 1. The molecule has 0 saturated heterocycles. The van der Waals surface area contributed by atoms with E-state index in [1.807, 2.05) is 37.3 Å². The van der Waals surface area contributed by atoms with Crippen LogP contribution < -0.4 is 5.56 Å². The van der Waals surface area contributed by atoms with Crippen molar-refractivity contribution in [2.75, 3.05) is 0 Å². The maximum Gasteiger partial charge on any atom is 0.271 e. The molecule has 1 aromatic heterocycles. The van der Waals surface area contributed by atoms with Gasteiger partial charge in [-0.25, -0.2) is 0 Å². The SMILES string of the molecule is CCCn1c(O)c(C=C2C=Nc3ccccc32)c(C)c(C#N)c1=O. The topological polar surface area (TPSA) is 78.4 Å². The quantitative estimate of drug-likeness (QED) is 0.941. The number of hydrogen-bond acceptors (Lipinski definition) is 4. The first kappa shape index (κ1) is 15.8. The summed E-state index contributed by atoms with van der Waals surface area (Å²) in [7, 11) is 0. The summed E-state index contributed by atoms with van der Waals surface area (Å²) >= 11 is 0. The van der Waals surface area contributed by atoms with Gasteiger partial charge in [-0.2, -0.15) is 5.26 Å². The van der Waals surface area contributed by atoms with Crippen LogP contribution in [0.1, 0.15) is 35.6 Å². The molecule has 0 amide bonds. The zero-order valence-corrected chi connectivity index (χ0v) is 13.6. The number of hydrogen-bond donors (Lipinski definition) is 1. The third kappa shape index (κ3) is 2.42. The third-order valence-electron chi connectivity index (χ3n) is 4.15. The van der Waals surface area contributed by atoms with E-state index >= 15 is 0 Å². The Morgan fingerprint density at radius 3 is 2.83 bits per heavy atom. The number of aromatic nitrogens is 1. The van der Waals surface area contributed by atoms with Gasteiger partial charge in [0.05, 0.1) is 5.69 Å². The minimum absolute atomic E-state index is 0.0660. The Labute approximate surface area is 139 Å². The highest BCUT2D eigenvalue weighted by atomic mass is 16.3. The highest BCUT2D eigenvalue weighted by Crippen LogP contribution is 2.34. The zero-order valence-electron chi connectivity index (χ0n) is 13.6. The predicted octanol–water partition coefficient (Wildman–Crippen LogP) is 3.40. The van der Waals surface area contributed by atoms with Gasteiger partial charge in [0, 0.05) is 29.5 Å². The Balaban J connectivity index is 2.25. The second-order valence-electron chi connectivity index (χ2n) is 5.68. The highest BCUT2D eigenvalue weighted by molar-refractivity contribution is 6.21. The van der Waals surface area contributed by atoms with Gasteiger partial charge in [-0.05, 0) is 31.1 Å². The average molecular weight is 319 g/mol. The van der Waals surface area contributed by atoms with Crippen molar-refractivity contribution in [3.05, 3.63) is 56.9 Å². The van der Waals surface area contributed by atoms with E-state index in [1.165, 1.54) is 4.57 Å². The van der Waals surface area contributed by atoms with E-state index in [2.05, 4.69) is 4.99 Å². The van der Waals surface area contributed by atoms with Crippen LogP contribution in [0.15, 0.2) is 34.1 Å². The number of pyridine rings is 1. The molecule has 1 aromatic carbocycles. The fourth-order valence-electron chi connectivity index (χ4n) is 2.88. The fourth-order valence-corrected chi connectivity index (χ4v) is 2.88. The van der Waals surface area contributed by atoms with Crippen LogP contribution in [0.25, 0.3) is 11.6 Å². The Bertz CT molecular complexity index is 975. The number of para-hydroxylation sites is 1. The molecule has 2 heterocycles. The molecule has 3 rings (SSSR count). The summed E-state index contributed by atoms with van der Waals surface area (Å²) in [6, 6.07) is 9.67. The molecule has 5 heteroatoms. The Hall–Kier alpha value is -3.13. The number of rotatable bonds is 3. The lowest BCUT2D eigenvalue weighted by atomic mass is 10.00. The summed E-state index contributed by atoms with van der Waals surface area (Å²) in [5.41, 5.74) is 3.25. The van der Waals surface area contributed by atoms with Crippen molar-refractivity contribution in [3.8, 4) is 11.9 Å². The van der Waals surface area contributed by atoms with Crippen molar-refractivity contribution >= 4 is 23.6 Å². The van der Waals surface area contributed by atoms with Gasteiger partial charge in [0.2, 0.25) is 5.88 Å². The number of nitrogens with zero attached hydrogens (tertiary/aromatic N) is 3. The normalized spacial score (nSPS) is 14.0.